The maximum Gasteiger partial charge on any atom is 1.00 e. The summed E-state index contributed by atoms with van der Waals surface area (Å²) in [6.45, 7) is 3.39. The minimum Gasteiger partial charge on any atom is -0.546 e. The molecule has 0 saturated carbocycles. The van der Waals surface area contributed by atoms with Gasteiger partial charge in [-0.3, -0.25) is 0 Å². The first kappa shape index (κ1) is 13.5. The molecule has 0 amide bonds. The van der Waals surface area contributed by atoms with E-state index < -0.39 is 12.6 Å². The van der Waals surface area contributed by atoms with E-state index >= 15 is 0 Å². The van der Waals surface area contributed by atoms with Crippen molar-refractivity contribution in [3.63, 3.8) is 0 Å². The summed E-state index contributed by atoms with van der Waals surface area (Å²) in [5.74, 6) is -0.606. The molecule has 0 aliphatic heterocycles. The molecule has 1 aromatic rings. The van der Waals surface area contributed by atoms with Gasteiger partial charge in [-0.15, -0.1) is 0 Å². The molecule has 0 N–H and O–H groups in total. The molecule has 0 heterocycles. The van der Waals surface area contributed by atoms with Gasteiger partial charge in [-0.05, 0) is 31.0 Å². The maximum atomic E-state index is 10.1. The summed E-state index contributed by atoms with van der Waals surface area (Å²) in [6, 6.07) is 5.64. The first-order valence-corrected chi connectivity index (χ1v) is 3.99. The normalized spacial score (nSPS) is 9.00. The van der Waals surface area contributed by atoms with Crippen LogP contribution < -0.4 is 39.4 Å². The number of carbonyl (C=O) groups excluding carboxylic acids is 1. The molecule has 0 fully saturated rings. The van der Waals surface area contributed by atoms with E-state index in [-0.39, 0.29) is 29.6 Å². The van der Waals surface area contributed by atoms with Gasteiger partial charge < -0.3 is 14.6 Å². The van der Waals surface area contributed by atoms with Crippen molar-refractivity contribution in [2.75, 3.05) is 6.61 Å². The van der Waals surface area contributed by atoms with Crippen molar-refractivity contribution in [3.05, 3.63) is 29.3 Å². The average Bonchev–Trinajstić information content (AvgIpc) is 2.06. The summed E-state index contributed by atoms with van der Waals surface area (Å²) >= 11 is 0. The van der Waals surface area contributed by atoms with E-state index in [2.05, 4.69) is 0 Å². The first-order chi connectivity index (χ1) is 6.09. The molecule has 0 spiro atoms. The van der Waals surface area contributed by atoms with E-state index in [9.17, 15) is 9.90 Å². The molecule has 1 rings (SSSR count). The van der Waals surface area contributed by atoms with Gasteiger partial charge >= 0.3 is 29.6 Å². The third-order valence-electron chi connectivity index (χ3n) is 1.69. The van der Waals surface area contributed by atoms with E-state index in [1.165, 1.54) is 0 Å². The van der Waals surface area contributed by atoms with Gasteiger partial charge in [-0.25, -0.2) is 0 Å². The molecule has 0 radical (unpaired) electrons. The predicted molar refractivity (Wildman–Crippen MR) is 46.4 cm³/mol. The standard InChI is InChI=1S/C10H12O3.Na/c1-7-3-4-8(2)9(5-7)13-6-10(11)12;/h3-5H,6H2,1-2H3,(H,11,12);/q;+1/p-1. The first-order valence-electron chi connectivity index (χ1n) is 3.99. The van der Waals surface area contributed by atoms with Gasteiger partial charge in [0.25, 0.3) is 0 Å². The number of aryl methyl sites for hydroxylation is 2. The van der Waals surface area contributed by atoms with E-state index in [0.717, 1.165) is 11.1 Å². The Morgan fingerprint density at radius 1 is 1.43 bits per heavy atom. The minimum atomic E-state index is -1.21. The second-order valence-electron chi connectivity index (χ2n) is 2.93. The molecular weight excluding hydrogens is 191 g/mol. The van der Waals surface area contributed by atoms with Crippen LogP contribution in [0.15, 0.2) is 18.2 Å². The number of carbonyl (C=O) groups is 1. The molecule has 0 aliphatic carbocycles. The monoisotopic (exact) mass is 202 g/mol. The molecule has 0 bridgehead atoms. The SMILES string of the molecule is Cc1ccc(C)c(OCC(=O)[O-])c1.[Na+]. The number of hydrogen-bond donors (Lipinski definition) is 0. The van der Waals surface area contributed by atoms with Gasteiger partial charge in [0.1, 0.15) is 12.4 Å². The van der Waals surface area contributed by atoms with Crippen LogP contribution in [-0.4, -0.2) is 12.6 Å². The van der Waals surface area contributed by atoms with Crippen LogP contribution in [0.25, 0.3) is 0 Å². The molecule has 1 aromatic carbocycles. The molecule has 0 aliphatic rings. The van der Waals surface area contributed by atoms with E-state index in [0.29, 0.717) is 5.75 Å². The fourth-order valence-corrected chi connectivity index (χ4v) is 0.999. The predicted octanol–water partition coefficient (Wildman–Crippen LogP) is -2.56. The van der Waals surface area contributed by atoms with Crippen molar-refractivity contribution in [3.8, 4) is 5.75 Å². The van der Waals surface area contributed by atoms with E-state index in [4.69, 9.17) is 4.74 Å². The van der Waals surface area contributed by atoms with Gasteiger partial charge in [-0.2, -0.15) is 0 Å². The molecule has 0 atom stereocenters. The van der Waals surface area contributed by atoms with Gasteiger partial charge in [-0.1, -0.05) is 12.1 Å². The molecule has 0 saturated heterocycles. The number of benzene rings is 1. The number of hydrogen-bond acceptors (Lipinski definition) is 3. The van der Waals surface area contributed by atoms with Gasteiger partial charge in [0.2, 0.25) is 0 Å². The number of carboxylic acid groups (broad SMARTS) is 1. The number of rotatable bonds is 3. The van der Waals surface area contributed by atoms with Crippen LogP contribution in [0.1, 0.15) is 11.1 Å². The summed E-state index contributed by atoms with van der Waals surface area (Å²) in [4.78, 5) is 10.1. The molecule has 0 aromatic heterocycles. The van der Waals surface area contributed by atoms with Crippen LogP contribution in [0.5, 0.6) is 5.75 Å². The Labute approximate surface area is 105 Å². The van der Waals surface area contributed by atoms with Crippen LogP contribution in [0.2, 0.25) is 0 Å². The zero-order valence-corrected chi connectivity index (χ0v) is 10.7. The van der Waals surface area contributed by atoms with E-state index in [1.54, 1.807) is 6.07 Å². The van der Waals surface area contributed by atoms with Crippen LogP contribution in [0, 0.1) is 13.8 Å². The summed E-state index contributed by atoms with van der Waals surface area (Å²) in [5, 5.41) is 10.1. The van der Waals surface area contributed by atoms with Gasteiger partial charge in [0.05, 0.1) is 5.97 Å². The maximum absolute atomic E-state index is 10.1. The Balaban J connectivity index is 0.00000169. The fourth-order valence-electron chi connectivity index (χ4n) is 0.999. The van der Waals surface area contributed by atoms with Crippen molar-refractivity contribution in [2.24, 2.45) is 0 Å². The Morgan fingerprint density at radius 3 is 2.64 bits per heavy atom. The molecule has 3 nitrogen and oxygen atoms in total. The Kier molecular flexibility index (Phi) is 5.84. The Bertz CT molecular complexity index is 323. The second kappa shape index (κ2) is 6.06. The molecule has 14 heavy (non-hydrogen) atoms. The van der Waals surface area contributed by atoms with Crippen molar-refractivity contribution < 1.29 is 44.2 Å². The van der Waals surface area contributed by atoms with Crippen molar-refractivity contribution in [1.29, 1.82) is 0 Å². The van der Waals surface area contributed by atoms with Crippen LogP contribution in [-0.2, 0) is 4.79 Å². The molecule has 4 heteroatoms. The molecule has 70 valence electrons. The third-order valence-corrected chi connectivity index (χ3v) is 1.69. The third kappa shape index (κ3) is 4.13. The van der Waals surface area contributed by atoms with E-state index in [1.807, 2.05) is 26.0 Å². The summed E-state index contributed by atoms with van der Waals surface area (Å²) < 4.78 is 5.02. The zero-order chi connectivity index (χ0) is 9.84. The van der Waals surface area contributed by atoms with Crippen molar-refractivity contribution in [2.45, 2.75) is 13.8 Å². The van der Waals surface area contributed by atoms with Crippen LogP contribution >= 0.6 is 0 Å². The number of aliphatic carboxylic acids is 1. The molecule has 0 unspecified atom stereocenters. The van der Waals surface area contributed by atoms with Crippen LogP contribution in [0.3, 0.4) is 0 Å². The summed E-state index contributed by atoms with van der Waals surface area (Å²) in [7, 11) is 0. The Morgan fingerprint density at radius 2 is 2.07 bits per heavy atom. The average molecular weight is 202 g/mol. The second-order valence-corrected chi connectivity index (χ2v) is 2.93. The van der Waals surface area contributed by atoms with Crippen molar-refractivity contribution in [1.82, 2.24) is 0 Å². The summed E-state index contributed by atoms with van der Waals surface area (Å²) in [5.41, 5.74) is 1.96. The Hall–Kier alpha value is -0.510. The largest absolute Gasteiger partial charge is 1.00 e. The summed E-state index contributed by atoms with van der Waals surface area (Å²) in [6.07, 6.45) is 0. The number of carboxylic acids is 1. The van der Waals surface area contributed by atoms with Crippen LogP contribution in [0.4, 0.5) is 0 Å². The quantitative estimate of drug-likeness (QED) is 0.506. The zero-order valence-electron chi connectivity index (χ0n) is 8.66. The fraction of sp³-hybridized carbons (Fsp3) is 0.300. The van der Waals surface area contributed by atoms with Gasteiger partial charge in [0.15, 0.2) is 0 Å². The number of ether oxygens (including phenoxy) is 1. The topological polar surface area (TPSA) is 49.4 Å². The smallest absolute Gasteiger partial charge is 0.546 e. The van der Waals surface area contributed by atoms with Crippen molar-refractivity contribution >= 4 is 5.97 Å². The minimum absolute atomic E-state index is 0. The molecular formula is C10H11NaO3. The van der Waals surface area contributed by atoms with Gasteiger partial charge in [0, 0.05) is 0 Å².